The van der Waals surface area contributed by atoms with Crippen molar-refractivity contribution in [2.45, 2.75) is 97.2 Å². The van der Waals surface area contributed by atoms with Crippen molar-refractivity contribution < 1.29 is 10.2 Å². The van der Waals surface area contributed by atoms with Crippen LogP contribution in [0.3, 0.4) is 0 Å². The molecule has 27 heavy (non-hydrogen) atoms. The maximum absolute atomic E-state index is 10.1. The lowest BCUT2D eigenvalue weighted by atomic mass is 9.60. The second-order valence-electron chi connectivity index (χ2n) is 9.80. The highest BCUT2D eigenvalue weighted by Gasteiger charge is 2.50. The van der Waals surface area contributed by atoms with Crippen molar-refractivity contribution in [1.29, 1.82) is 0 Å². The maximum atomic E-state index is 10.1. The molecule has 152 valence electrons. The van der Waals surface area contributed by atoms with E-state index in [9.17, 15) is 10.2 Å². The van der Waals surface area contributed by atoms with Gasteiger partial charge in [0.05, 0.1) is 12.2 Å². The number of aliphatic hydroxyl groups excluding tert-OH is 2. The Morgan fingerprint density at radius 2 is 1.89 bits per heavy atom. The van der Waals surface area contributed by atoms with Crippen molar-refractivity contribution in [3.8, 4) is 0 Å². The van der Waals surface area contributed by atoms with Gasteiger partial charge < -0.3 is 10.2 Å². The van der Waals surface area contributed by atoms with Gasteiger partial charge in [0.2, 0.25) is 0 Å². The molecule has 6 atom stereocenters. The average molecular weight is 373 g/mol. The Kier molecular flexibility index (Phi) is 6.69. The molecule has 3 fully saturated rings. The number of hydrogen-bond acceptors (Lipinski definition) is 2. The summed E-state index contributed by atoms with van der Waals surface area (Å²) in [7, 11) is 0. The molecule has 0 amide bonds. The molecule has 0 spiro atoms. The first-order valence-electron chi connectivity index (χ1n) is 11.3. The van der Waals surface area contributed by atoms with Gasteiger partial charge in [0.25, 0.3) is 0 Å². The number of fused-ring (bicyclic) bond motifs is 1. The molecule has 0 radical (unpaired) electrons. The number of hydrogen-bond donors (Lipinski definition) is 2. The molecule has 0 heterocycles. The summed E-state index contributed by atoms with van der Waals surface area (Å²) in [6, 6.07) is 0. The van der Waals surface area contributed by atoms with Crippen LogP contribution in [0.5, 0.6) is 0 Å². The molecule has 0 aromatic heterocycles. The summed E-state index contributed by atoms with van der Waals surface area (Å²) in [4.78, 5) is 0. The molecule has 3 saturated carbocycles. The van der Waals surface area contributed by atoms with Crippen LogP contribution in [0.15, 0.2) is 35.5 Å². The quantitative estimate of drug-likeness (QED) is 0.585. The molecular formula is C25H40O2. The molecule has 2 unspecified atom stereocenters. The Hall–Kier alpha value is -0.860. The predicted molar refractivity (Wildman–Crippen MR) is 113 cm³/mol. The van der Waals surface area contributed by atoms with Gasteiger partial charge in [-0.1, -0.05) is 69.9 Å². The van der Waals surface area contributed by atoms with Crippen molar-refractivity contribution in [3.63, 3.8) is 0 Å². The largest absolute Gasteiger partial charge is 0.388 e. The van der Waals surface area contributed by atoms with Crippen molar-refractivity contribution >= 4 is 0 Å². The lowest BCUT2D eigenvalue weighted by molar-refractivity contribution is 0.0934. The third kappa shape index (κ3) is 4.27. The molecule has 3 aliphatic carbocycles. The van der Waals surface area contributed by atoms with Crippen molar-refractivity contribution in [2.24, 2.45) is 23.2 Å². The van der Waals surface area contributed by atoms with Crippen LogP contribution >= 0.6 is 0 Å². The van der Waals surface area contributed by atoms with Gasteiger partial charge in [-0.3, -0.25) is 0 Å². The number of allylic oxidation sites excluding steroid dienone is 3. The normalized spacial score (nSPS) is 39.5. The smallest absolute Gasteiger partial charge is 0.0809 e. The van der Waals surface area contributed by atoms with E-state index in [0.717, 1.165) is 23.3 Å². The zero-order valence-corrected chi connectivity index (χ0v) is 17.7. The second-order valence-corrected chi connectivity index (χ2v) is 9.80. The van der Waals surface area contributed by atoms with E-state index in [2.05, 4.69) is 39.5 Å². The Balaban J connectivity index is 1.74. The number of unbranched alkanes of at least 4 members (excludes halogenated alkanes) is 1. The summed E-state index contributed by atoms with van der Waals surface area (Å²) in [6.07, 6.45) is 15.3. The fourth-order valence-electron chi connectivity index (χ4n) is 6.37. The second kappa shape index (κ2) is 8.66. The maximum Gasteiger partial charge on any atom is 0.0809 e. The van der Waals surface area contributed by atoms with Crippen LogP contribution < -0.4 is 0 Å². The van der Waals surface area contributed by atoms with Crippen LogP contribution in [0.25, 0.3) is 0 Å². The van der Waals surface area contributed by atoms with Crippen LogP contribution in [0.2, 0.25) is 0 Å². The monoisotopic (exact) mass is 372 g/mol. The third-order valence-electron chi connectivity index (χ3n) is 8.04. The molecule has 2 heteroatoms. The highest BCUT2D eigenvalue weighted by molar-refractivity contribution is 5.29. The van der Waals surface area contributed by atoms with E-state index in [1.54, 1.807) is 5.57 Å². The van der Waals surface area contributed by atoms with Crippen molar-refractivity contribution in [1.82, 2.24) is 0 Å². The zero-order chi connectivity index (χ0) is 19.6. The first kappa shape index (κ1) is 20.9. The van der Waals surface area contributed by atoms with Crippen LogP contribution in [0, 0.1) is 23.2 Å². The molecule has 0 aromatic rings. The molecule has 0 aromatic carbocycles. The summed E-state index contributed by atoms with van der Waals surface area (Å²) < 4.78 is 0. The van der Waals surface area contributed by atoms with Gasteiger partial charge in [0, 0.05) is 0 Å². The van der Waals surface area contributed by atoms with Crippen LogP contribution in [-0.4, -0.2) is 22.4 Å². The Labute approximate surface area is 166 Å². The number of aliphatic hydroxyl groups is 2. The standard InChI is InChI=1S/C25H40O2/c1-5-6-8-17(2)21-12-13-22-20(9-7-14-25(21,22)4)11-10-19-15-23(26)18(3)24(27)16-19/h10-11,17,21-24,26-27H,3,5-9,12-16H2,1-2,4H3/t17-,21?,22?,23+,24+,25+/m0/s1. The van der Waals surface area contributed by atoms with Crippen LogP contribution in [-0.2, 0) is 0 Å². The topological polar surface area (TPSA) is 40.5 Å². The highest BCUT2D eigenvalue weighted by Crippen LogP contribution is 2.59. The molecule has 0 bridgehead atoms. The van der Waals surface area contributed by atoms with Gasteiger partial charge >= 0.3 is 0 Å². The molecule has 3 aliphatic rings. The first-order chi connectivity index (χ1) is 12.9. The SMILES string of the molecule is C=C1[C@H](O)CC(=CC=C2CCC[C@@]3(C)C2CCC3[C@@H](C)CCCC)C[C@H]1O. The van der Waals surface area contributed by atoms with Gasteiger partial charge in [0.15, 0.2) is 0 Å². The van der Waals surface area contributed by atoms with Gasteiger partial charge in [-0.15, -0.1) is 0 Å². The zero-order valence-electron chi connectivity index (χ0n) is 17.7. The highest BCUT2D eigenvalue weighted by atomic mass is 16.3. The van der Waals surface area contributed by atoms with Gasteiger partial charge in [-0.25, -0.2) is 0 Å². The minimum absolute atomic E-state index is 0.468. The van der Waals surface area contributed by atoms with E-state index in [0.29, 0.717) is 23.8 Å². The predicted octanol–water partition coefficient (Wildman–Crippen LogP) is 5.95. The van der Waals surface area contributed by atoms with E-state index in [1.807, 2.05) is 0 Å². The summed E-state index contributed by atoms with van der Waals surface area (Å²) in [6.45, 7) is 11.2. The van der Waals surface area contributed by atoms with Gasteiger partial charge in [0.1, 0.15) is 0 Å². The van der Waals surface area contributed by atoms with Gasteiger partial charge in [-0.2, -0.15) is 0 Å². The molecule has 0 saturated heterocycles. The molecule has 2 N–H and O–H groups in total. The lowest BCUT2D eigenvalue weighted by Gasteiger charge is -2.44. The molecule has 3 rings (SSSR count). The molecule has 2 nitrogen and oxygen atoms in total. The Bertz CT molecular complexity index is 585. The minimum atomic E-state index is -0.592. The van der Waals surface area contributed by atoms with E-state index in [-0.39, 0.29) is 0 Å². The van der Waals surface area contributed by atoms with E-state index in [1.165, 1.54) is 51.4 Å². The van der Waals surface area contributed by atoms with Crippen LogP contribution in [0.4, 0.5) is 0 Å². The van der Waals surface area contributed by atoms with E-state index in [4.69, 9.17) is 0 Å². The van der Waals surface area contributed by atoms with E-state index < -0.39 is 12.2 Å². The fraction of sp³-hybridized carbons (Fsp3) is 0.760. The van der Waals surface area contributed by atoms with Crippen molar-refractivity contribution in [2.75, 3.05) is 0 Å². The molecular weight excluding hydrogens is 332 g/mol. The summed E-state index contributed by atoms with van der Waals surface area (Å²) in [5.41, 5.74) is 3.82. The Morgan fingerprint density at radius 1 is 1.19 bits per heavy atom. The summed E-state index contributed by atoms with van der Waals surface area (Å²) >= 11 is 0. The average Bonchev–Trinajstić information content (AvgIpc) is 2.99. The lowest BCUT2D eigenvalue weighted by Crippen LogP contribution is -2.36. The summed E-state index contributed by atoms with van der Waals surface area (Å²) in [5.74, 6) is 2.44. The number of rotatable bonds is 5. The summed E-state index contributed by atoms with van der Waals surface area (Å²) in [5, 5.41) is 20.2. The van der Waals surface area contributed by atoms with Crippen LogP contribution in [0.1, 0.15) is 85.0 Å². The van der Waals surface area contributed by atoms with E-state index >= 15 is 0 Å². The third-order valence-corrected chi connectivity index (χ3v) is 8.04. The fourth-order valence-corrected chi connectivity index (χ4v) is 6.37. The molecule has 0 aliphatic heterocycles. The minimum Gasteiger partial charge on any atom is -0.388 e. The van der Waals surface area contributed by atoms with Gasteiger partial charge in [-0.05, 0) is 73.7 Å². The Morgan fingerprint density at radius 3 is 2.56 bits per heavy atom. The first-order valence-corrected chi connectivity index (χ1v) is 11.3. The van der Waals surface area contributed by atoms with Crippen molar-refractivity contribution in [3.05, 3.63) is 35.5 Å².